The maximum Gasteiger partial charge on any atom is 0.296 e. The first-order chi connectivity index (χ1) is 21.6. The molecule has 0 unspecified atom stereocenters. The molecule has 0 spiro atoms. The van der Waals surface area contributed by atoms with Gasteiger partial charge in [0.25, 0.3) is 10.1 Å². The maximum atomic E-state index is 12.4. The zero-order valence-electron chi connectivity index (χ0n) is 24.8. The number of rotatable bonds is 11. The molecule has 15 nitrogen and oxygen atoms in total. The van der Waals surface area contributed by atoms with Crippen LogP contribution in [-0.4, -0.2) is 65.7 Å². The van der Waals surface area contributed by atoms with Crippen LogP contribution >= 0.6 is 0 Å². The van der Waals surface area contributed by atoms with Gasteiger partial charge in [-0.1, -0.05) is 13.8 Å². The fourth-order valence-corrected chi connectivity index (χ4v) is 6.85. The number of ether oxygens (including phenoxy) is 1. The number of benzene rings is 4. The van der Waals surface area contributed by atoms with E-state index in [0.717, 1.165) is 24.3 Å². The van der Waals surface area contributed by atoms with Crippen LogP contribution in [0.5, 0.6) is 17.2 Å². The predicted octanol–water partition coefficient (Wildman–Crippen LogP) is 5.97. The molecule has 0 saturated heterocycles. The van der Waals surface area contributed by atoms with Crippen LogP contribution in [0.3, 0.4) is 0 Å². The highest BCUT2D eigenvalue weighted by atomic mass is 32.2. The van der Waals surface area contributed by atoms with E-state index in [9.17, 15) is 40.0 Å². The lowest BCUT2D eigenvalue weighted by Gasteiger charge is -2.11. The van der Waals surface area contributed by atoms with Gasteiger partial charge in [-0.3, -0.25) is 4.55 Å². The minimum atomic E-state index is -4.81. The van der Waals surface area contributed by atoms with E-state index in [-0.39, 0.29) is 55.2 Å². The number of phenolic OH excluding ortho intramolecular Hbond substituents is 2. The van der Waals surface area contributed by atoms with Gasteiger partial charge in [0.1, 0.15) is 44.0 Å². The van der Waals surface area contributed by atoms with Gasteiger partial charge >= 0.3 is 0 Å². The zero-order chi connectivity index (χ0) is 34.0. The Morgan fingerprint density at radius 3 is 1.96 bits per heavy atom. The van der Waals surface area contributed by atoms with E-state index >= 15 is 0 Å². The lowest BCUT2D eigenvalue weighted by atomic mass is 10.1. The molecule has 0 aliphatic rings. The third kappa shape index (κ3) is 6.79. The zero-order valence-corrected chi connectivity index (χ0v) is 27.3. The average Bonchev–Trinajstić information content (AvgIpc) is 3.02. The minimum Gasteiger partial charge on any atom is -0.506 e. The van der Waals surface area contributed by atoms with E-state index in [0.29, 0.717) is 11.1 Å². The Labute approximate surface area is 264 Å². The first kappa shape index (κ1) is 34.2. The Hall–Kier alpha value is -4.65. The van der Waals surface area contributed by atoms with Gasteiger partial charge in [-0.15, -0.1) is 20.5 Å². The minimum absolute atomic E-state index is 0.0395. The van der Waals surface area contributed by atoms with Gasteiger partial charge in [0, 0.05) is 30.0 Å². The van der Waals surface area contributed by atoms with Crippen molar-refractivity contribution in [3.05, 3.63) is 54.6 Å². The van der Waals surface area contributed by atoms with Crippen molar-refractivity contribution in [3.63, 3.8) is 0 Å². The molecular formula is C28H29N5O10S3. The molecule has 0 amide bonds. The van der Waals surface area contributed by atoms with E-state index in [4.69, 9.17) is 4.74 Å². The first-order valence-electron chi connectivity index (χ1n) is 13.4. The highest BCUT2D eigenvalue weighted by Gasteiger charge is 2.22. The van der Waals surface area contributed by atoms with Crippen molar-refractivity contribution in [1.29, 1.82) is 0 Å². The number of nitrogens with zero attached hydrogens (tertiary/aromatic N) is 4. The molecule has 0 fully saturated rings. The molecule has 0 radical (unpaired) electrons. The van der Waals surface area contributed by atoms with E-state index in [2.05, 4.69) is 25.8 Å². The number of sulfone groups is 2. The molecule has 0 aromatic heterocycles. The van der Waals surface area contributed by atoms with Gasteiger partial charge < -0.3 is 20.3 Å². The van der Waals surface area contributed by atoms with Crippen molar-refractivity contribution in [2.24, 2.45) is 20.5 Å². The number of hydrogen-bond donors (Lipinski definition) is 4. The lowest BCUT2D eigenvalue weighted by molar-refractivity contribution is 0.399. The smallest absolute Gasteiger partial charge is 0.296 e. The summed E-state index contributed by atoms with van der Waals surface area (Å²) >= 11 is 0. The summed E-state index contributed by atoms with van der Waals surface area (Å²) in [6, 6.07) is 11.1. The molecule has 244 valence electrons. The second-order valence-electron chi connectivity index (χ2n) is 9.54. The van der Waals surface area contributed by atoms with Crippen LogP contribution in [0.4, 0.5) is 28.4 Å². The number of anilines is 1. The van der Waals surface area contributed by atoms with Crippen LogP contribution in [0, 0.1) is 0 Å². The molecule has 0 bridgehead atoms. The Kier molecular flexibility index (Phi) is 9.67. The molecule has 0 aliphatic heterocycles. The average molecular weight is 692 g/mol. The van der Waals surface area contributed by atoms with Gasteiger partial charge in [0.2, 0.25) is 0 Å². The summed E-state index contributed by atoms with van der Waals surface area (Å²) in [5.74, 6) is -1.38. The topological polar surface area (TPSA) is 234 Å². The number of nitrogens with one attached hydrogen (secondary N) is 1. The maximum absolute atomic E-state index is 12.4. The highest BCUT2D eigenvalue weighted by Crippen LogP contribution is 2.44. The SMILES string of the molecule is CCS(=O)(=O)c1ccc(S(=O)(=O)O)c(/N=N/c2c(NC)ccc3c(O)c(/N=N/c4cc(OC)c(S(=O)(=O)CC)cc4O)ccc23)c1. The molecule has 4 aromatic rings. The summed E-state index contributed by atoms with van der Waals surface area (Å²) in [4.78, 5) is -1.10. The summed E-state index contributed by atoms with van der Waals surface area (Å²) in [7, 11) is -9.44. The van der Waals surface area contributed by atoms with Crippen LogP contribution in [-0.2, 0) is 29.8 Å². The van der Waals surface area contributed by atoms with Crippen molar-refractivity contribution in [2.75, 3.05) is 31.0 Å². The van der Waals surface area contributed by atoms with E-state index in [1.54, 1.807) is 13.1 Å². The molecule has 0 atom stereocenters. The largest absolute Gasteiger partial charge is 0.506 e. The molecule has 4 N–H and O–H groups in total. The normalized spacial score (nSPS) is 12.7. The summed E-state index contributed by atoms with van der Waals surface area (Å²) < 4.78 is 88.4. The Balaban J connectivity index is 1.82. The molecule has 0 saturated carbocycles. The van der Waals surface area contributed by atoms with Crippen LogP contribution < -0.4 is 10.1 Å². The number of fused-ring (bicyclic) bond motifs is 1. The van der Waals surface area contributed by atoms with Gasteiger partial charge in [0.15, 0.2) is 25.4 Å². The first-order valence-corrected chi connectivity index (χ1v) is 18.1. The van der Waals surface area contributed by atoms with Crippen molar-refractivity contribution in [2.45, 2.75) is 28.5 Å². The molecular weight excluding hydrogens is 663 g/mol. The number of methoxy groups -OCH3 is 1. The molecule has 4 rings (SSSR count). The van der Waals surface area contributed by atoms with Crippen molar-refractivity contribution in [1.82, 2.24) is 0 Å². The van der Waals surface area contributed by atoms with Crippen LogP contribution in [0.15, 0.2) is 89.7 Å². The third-order valence-corrected chi connectivity index (χ3v) is 11.2. The third-order valence-electron chi connectivity index (χ3n) is 6.84. The van der Waals surface area contributed by atoms with E-state index < -0.39 is 46.1 Å². The van der Waals surface area contributed by atoms with Crippen molar-refractivity contribution in [3.8, 4) is 17.2 Å². The van der Waals surface area contributed by atoms with Crippen molar-refractivity contribution < 1.29 is 44.8 Å². The summed E-state index contributed by atoms with van der Waals surface area (Å²) in [5.41, 5.74) is -0.0803. The summed E-state index contributed by atoms with van der Waals surface area (Å²) in [5, 5.41) is 41.0. The molecule has 18 heteroatoms. The van der Waals surface area contributed by atoms with Gasteiger partial charge in [-0.2, -0.15) is 8.42 Å². The molecule has 4 aromatic carbocycles. The highest BCUT2D eigenvalue weighted by molar-refractivity contribution is 7.91. The number of phenols is 2. The van der Waals surface area contributed by atoms with Gasteiger partial charge in [-0.05, 0) is 42.5 Å². The van der Waals surface area contributed by atoms with Crippen LogP contribution in [0.2, 0.25) is 0 Å². The summed E-state index contributed by atoms with van der Waals surface area (Å²) in [6.07, 6.45) is 0. The second kappa shape index (κ2) is 13.0. The number of hydrogen-bond acceptors (Lipinski definition) is 14. The number of aromatic hydroxyl groups is 2. The molecule has 0 aliphatic carbocycles. The quantitative estimate of drug-likeness (QED) is 0.106. The van der Waals surface area contributed by atoms with Crippen LogP contribution in [0.1, 0.15) is 13.8 Å². The predicted molar refractivity (Wildman–Crippen MR) is 170 cm³/mol. The Morgan fingerprint density at radius 2 is 1.35 bits per heavy atom. The fraction of sp³-hybridized carbons (Fsp3) is 0.214. The van der Waals surface area contributed by atoms with Crippen LogP contribution in [0.25, 0.3) is 10.8 Å². The standard InChI is InChI=1S/C28H29N5O10S3/c1-5-44(36,37)16-7-12-25(46(40,41)42)22(13-16)32-33-27-17-8-11-20(28(35)18(17)9-10-19(27)29-3)30-31-21-14-24(43-4)26(15-23(21)34)45(38,39)6-2/h7-15,29,34-35H,5-6H2,1-4H3,(H,40,41,42)/b31-30+,33-32+. The molecule has 46 heavy (non-hydrogen) atoms. The van der Waals surface area contributed by atoms with Gasteiger partial charge in [0.05, 0.1) is 29.2 Å². The summed E-state index contributed by atoms with van der Waals surface area (Å²) in [6.45, 7) is 2.86. The Bertz CT molecular complexity index is 2240. The molecule has 0 heterocycles. The van der Waals surface area contributed by atoms with Crippen molar-refractivity contribution >= 4 is 69.0 Å². The second-order valence-corrected chi connectivity index (χ2v) is 15.5. The van der Waals surface area contributed by atoms with E-state index in [1.165, 1.54) is 45.2 Å². The monoisotopic (exact) mass is 691 g/mol. The number of azo groups is 2. The van der Waals surface area contributed by atoms with Gasteiger partial charge in [-0.25, -0.2) is 16.8 Å². The lowest BCUT2D eigenvalue weighted by Crippen LogP contribution is -2.05. The fourth-order valence-electron chi connectivity index (χ4n) is 4.29. The van der Waals surface area contributed by atoms with E-state index in [1.807, 2.05) is 0 Å². The Morgan fingerprint density at radius 1 is 0.717 bits per heavy atom.